The van der Waals surface area contributed by atoms with Crippen LogP contribution in [0, 0.1) is 0 Å². The summed E-state index contributed by atoms with van der Waals surface area (Å²) < 4.78 is 15.8. The normalized spacial score (nSPS) is 34.3. The number of nitrogens with zero attached hydrogens (tertiary/aromatic N) is 1. The van der Waals surface area contributed by atoms with Gasteiger partial charge < -0.3 is 24.4 Å². The Kier molecular flexibility index (Phi) is 4.66. The highest BCUT2D eigenvalue weighted by molar-refractivity contribution is 5.90. The van der Waals surface area contributed by atoms with Crippen molar-refractivity contribution in [1.29, 1.82) is 0 Å². The molecule has 3 heterocycles. The second-order valence-electron chi connectivity index (χ2n) is 7.90. The lowest BCUT2D eigenvalue weighted by Gasteiger charge is -2.33. The van der Waals surface area contributed by atoms with Crippen LogP contribution in [-0.2, 0) is 23.8 Å². The Bertz CT molecular complexity index is 572. The molecule has 2 amide bonds. The first-order valence-corrected chi connectivity index (χ1v) is 8.74. The third kappa shape index (κ3) is 3.89. The fourth-order valence-corrected chi connectivity index (χ4v) is 3.76. The molecule has 0 unspecified atom stereocenters. The quantitative estimate of drug-likeness (QED) is 0.586. The molecule has 0 saturated carbocycles. The Morgan fingerprint density at radius 2 is 1.88 bits per heavy atom. The van der Waals surface area contributed by atoms with E-state index < -0.39 is 29.7 Å². The summed E-state index contributed by atoms with van der Waals surface area (Å²) in [6.07, 6.45) is 1.83. The minimum absolute atomic E-state index is 0.0248. The summed E-state index contributed by atoms with van der Waals surface area (Å²) in [6.45, 7) is 5.28. The van der Waals surface area contributed by atoms with E-state index in [0.29, 0.717) is 12.8 Å². The fraction of sp³-hybridized carbons (Fsp3) is 0.824. The van der Waals surface area contributed by atoms with E-state index in [1.165, 1.54) is 7.11 Å². The molecule has 3 saturated heterocycles. The highest BCUT2D eigenvalue weighted by atomic mass is 16.6. The topological polar surface area (TPSA) is 97.5 Å². The van der Waals surface area contributed by atoms with E-state index in [1.807, 2.05) is 0 Å². The van der Waals surface area contributed by atoms with Crippen molar-refractivity contribution < 1.29 is 28.6 Å². The first kappa shape index (κ1) is 18.0. The number of hydrogen-bond acceptors (Lipinski definition) is 6. The molecule has 8 nitrogen and oxygen atoms in total. The van der Waals surface area contributed by atoms with Gasteiger partial charge >= 0.3 is 12.1 Å². The highest BCUT2D eigenvalue weighted by Gasteiger charge is 2.52. The van der Waals surface area contributed by atoms with Gasteiger partial charge in [0.05, 0.1) is 19.3 Å². The number of amides is 2. The van der Waals surface area contributed by atoms with Crippen LogP contribution in [0.3, 0.4) is 0 Å². The molecule has 0 aromatic carbocycles. The lowest BCUT2D eigenvalue weighted by Crippen LogP contribution is -2.56. The van der Waals surface area contributed by atoms with Gasteiger partial charge in [0.2, 0.25) is 5.91 Å². The van der Waals surface area contributed by atoms with E-state index in [0.717, 1.165) is 12.8 Å². The van der Waals surface area contributed by atoms with Crippen LogP contribution in [0.5, 0.6) is 0 Å². The van der Waals surface area contributed by atoms with Crippen LogP contribution in [0.4, 0.5) is 4.79 Å². The van der Waals surface area contributed by atoms with E-state index in [9.17, 15) is 14.4 Å². The number of alkyl carbamates (subject to hydrolysis) is 1. The number of hydrogen-bond donors (Lipinski definition) is 1. The highest BCUT2D eigenvalue weighted by Crippen LogP contribution is 2.39. The molecule has 0 aromatic heterocycles. The van der Waals surface area contributed by atoms with E-state index in [2.05, 4.69) is 5.32 Å². The number of carbonyl (C=O) groups is 3. The van der Waals surface area contributed by atoms with Crippen LogP contribution in [0.2, 0.25) is 0 Å². The van der Waals surface area contributed by atoms with Gasteiger partial charge in [-0.3, -0.25) is 4.79 Å². The summed E-state index contributed by atoms with van der Waals surface area (Å²) in [5.41, 5.74) is -0.655. The average Bonchev–Trinajstić information content (AvgIpc) is 3.07. The number of epoxide rings is 1. The van der Waals surface area contributed by atoms with Crippen molar-refractivity contribution in [2.45, 2.75) is 82.4 Å². The van der Waals surface area contributed by atoms with Crippen molar-refractivity contribution in [2.75, 3.05) is 7.11 Å². The number of nitrogens with one attached hydrogen (secondary N) is 1. The summed E-state index contributed by atoms with van der Waals surface area (Å²) in [4.78, 5) is 38.8. The molecule has 0 radical (unpaired) electrons. The van der Waals surface area contributed by atoms with E-state index >= 15 is 0 Å². The predicted molar refractivity (Wildman–Crippen MR) is 86.7 cm³/mol. The predicted octanol–water partition coefficient (Wildman–Crippen LogP) is 0.973. The van der Waals surface area contributed by atoms with Crippen LogP contribution in [0.15, 0.2) is 0 Å². The summed E-state index contributed by atoms with van der Waals surface area (Å²) in [7, 11) is 1.32. The van der Waals surface area contributed by atoms with E-state index in [4.69, 9.17) is 14.2 Å². The van der Waals surface area contributed by atoms with Crippen LogP contribution < -0.4 is 5.32 Å². The zero-order valence-corrected chi connectivity index (χ0v) is 15.1. The van der Waals surface area contributed by atoms with Crippen molar-refractivity contribution in [3.63, 3.8) is 0 Å². The van der Waals surface area contributed by atoms with Gasteiger partial charge in [0.15, 0.2) is 0 Å². The third-order valence-electron chi connectivity index (χ3n) is 4.88. The number of methoxy groups -OCH3 is 1. The monoisotopic (exact) mass is 354 g/mol. The zero-order chi connectivity index (χ0) is 18.4. The summed E-state index contributed by atoms with van der Waals surface area (Å²) in [5.74, 6) is -0.682. The molecule has 0 bridgehead atoms. The van der Waals surface area contributed by atoms with Gasteiger partial charge in [0, 0.05) is 12.5 Å². The minimum Gasteiger partial charge on any atom is -0.467 e. The lowest BCUT2D eigenvalue weighted by molar-refractivity contribution is -0.153. The van der Waals surface area contributed by atoms with E-state index in [-0.39, 0.29) is 24.2 Å². The van der Waals surface area contributed by atoms with Crippen molar-refractivity contribution in [3.8, 4) is 0 Å². The van der Waals surface area contributed by atoms with E-state index in [1.54, 1.807) is 25.7 Å². The molecule has 3 aliphatic rings. The Morgan fingerprint density at radius 3 is 2.52 bits per heavy atom. The Hall–Kier alpha value is -1.83. The van der Waals surface area contributed by atoms with Crippen molar-refractivity contribution in [3.05, 3.63) is 0 Å². The first-order valence-electron chi connectivity index (χ1n) is 8.74. The van der Waals surface area contributed by atoms with Gasteiger partial charge in [0.25, 0.3) is 0 Å². The Balaban J connectivity index is 1.77. The molecule has 25 heavy (non-hydrogen) atoms. The van der Waals surface area contributed by atoms with Crippen LogP contribution >= 0.6 is 0 Å². The van der Waals surface area contributed by atoms with Gasteiger partial charge in [-0.1, -0.05) is 0 Å². The zero-order valence-electron chi connectivity index (χ0n) is 15.1. The van der Waals surface area contributed by atoms with Gasteiger partial charge in [0.1, 0.15) is 17.7 Å². The first-order chi connectivity index (χ1) is 11.7. The maximum absolute atomic E-state index is 13.1. The van der Waals surface area contributed by atoms with Gasteiger partial charge in [-0.2, -0.15) is 0 Å². The largest absolute Gasteiger partial charge is 0.467 e. The number of fused-ring (bicyclic) bond motifs is 2. The molecule has 140 valence electrons. The molecule has 5 atom stereocenters. The Labute approximate surface area is 147 Å². The fourth-order valence-electron chi connectivity index (χ4n) is 3.76. The Morgan fingerprint density at radius 1 is 1.20 bits per heavy atom. The van der Waals surface area contributed by atoms with Gasteiger partial charge in [-0.15, -0.1) is 0 Å². The van der Waals surface area contributed by atoms with Gasteiger partial charge in [-0.25, -0.2) is 9.59 Å². The second kappa shape index (κ2) is 6.48. The van der Waals surface area contributed by atoms with Crippen molar-refractivity contribution >= 4 is 18.0 Å². The summed E-state index contributed by atoms with van der Waals surface area (Å²) in [6, 6.07) is -1.42. The minimum atomic E-state index is -0.766. The molecular formula is C17H26N2O6. The molecule has 1 N–H and O–H groups in total. The lowest BCUT2D eigenvalue weighted by atomic mass is 9.99. The SMILES string of the molecule is COC(=O)[C@@H]1CC[C@@H]2C[C@H]3O[C@H]3C[C@H](NC(=O)OC(C)(C)C)C(=O)N21. The molecular weight excluding hydrogens is 328 g/mol. The standard InChI is InChI=1S/C17H26N2O6/c1-17(2,3)25-16(22)18-10-8-13-12(24-13)7-9-5-6-11(15(21)23-4)19(9)14(10)20/h9-13H,5-8H2,1-4H3,(H,18,22)/t9-,10+,11+,12-,13+/m1/s1. The number of carbonyl (C=O) groups excluding carboxylic acids is 3. The average molecular weight is 354 g/mol. The van der Waals surface area contributed by atoms with Crippen LogP contribution in [0.25, 0.3) is 0 Å². The maximum Gasteiger partial charge on any atom is 0.408 e. The summed E-state index contributed by atoms with van der Waals surface area (Å²) in [5, 5.41) is 2.66. The third-order valence-corrected chi connectivity index (χ3v) is 4.88. The van der Waals surface area contributed by atoms with Crippen LogP contribution in [-0.4, -0.2) is 65.9 Å². The molecule has 8 heteroatoms. The molecule has 0 aromatic rings. The van der Waals surface area contributed by atoms with Crippen molar-refractivity contribution in [2.24, 2.45) is 0 Å². The molecule has 3 aliphatic heterocycles. The maximum atomic E-state index is 13.1. The summed E-state index contributed by atoms with van der Waals surface area (Å²) >= 11 is 0. The smallest absolute Gasteiger partial charge is 0.408 e. The van der Waals surface area contributed by atoms with Crippen molar-refractivity contribution in [1.82, 2.24) is 10.2 Å². The van der Waals surface area contributed by atoms with Gasteiger partial charge in [-0.05, 0) is 40.0 Å². The molecule has 0 aliphatic carbocycles. The van der Waals surface area contributed by atoms with Crippen LogP contribution in [0.1, 0.15) is 46.5 Å². The number of ether oxygens (including phenoxy) is 3. The molecule has 3 fully saturated rings. The number of esters is 1. The number of rotatable bonds is 2. The second-order valence-corrected chi connectivity index (χ2v) is 7.90. The molecule has 3 rings (SSSR count). The molecule has 0 spiro atoms.